The highest BCUT2D eigenvalue weighted by atomic mass is 16.6. The van der Waals surface area contributed by atoms with Gasteiger partial charge in [0.15, 0.2) is 11.5 Å². The van der Waals surface area contributed by atoms with Crippen LogP contribution in [0.5, 0.6) is 11.5 Å². The van der Waals surface area contributed by atoms with Gasteiger partial charge in [-0.05, 0) is 23.6 Å². The van der Waals surface area contributed by atoms with Crippen LogP contribution in [0.25, 0.3) is 0 Å². The van der Waals surface area contributed by atoms with Gasteiger partial charge in [0.1, 0.15) is 13.2 Å². The summed E-state index contributed by atoms with van der Waals surface area (Å²) in [4.78, 5) is 0. The van der Waals surface area contributed by atoms with Crippen molar-refractivity contribution in [2.75, 3.05) is 24.3 Å². The monoisotopic (exact) mass is 284 g/mol. The second kappa shape index (κ2) is 5.56. The minimum Gasteiger partial charge on any atom is -0.486 e. The Labute approximate surface area is 124 Å². The van der Waals surface area contributed by atoms with Crippen molar-refractivity contribution in [3.8, 4) is 11.5 Å². The molecule has 4 nitrogen and oxygen atoms in total. The van der Waals surface area contributed by atoms with E-state index in [-0.39, 0.29) is 0 Å². The zero-order valence-electron chi connectivity index (χ0n) is 12.3. The van der Waals surface area contributed by atoms with Crippen LogP contribution in [-0.4, -0.2) is 13.2 Å². The number of fused-ring (bicyclic) bond motifs is 1. The Morgan fingerprint density at radius 3 is 2.24 bits per heavy atom. The minimum atomic E-state index is 0.526. The van der Waals surface area contributed by atoms with E-state index in [1.807, 2.05) is 6.07 Å². The van der Waals surface area contributed by atoms with E-state index in [0.717, 1.165) is 17.1 Å². The number of hydrogen-bond donors (Lipinski definition) is 2. The Kier molecular flexibility index (Phi) is 3.60. The fourth-order valence-electron chi connectivity index (χ4n) is 2.32. The predicted molar refractivity (Wildman–Crippen MR) is 85.7 cm³/mol. The lowest BCUT2D eigenvalue weighted by atomic mass is 10.0. The van der Waals surface area contributed by atoms with Gasteiger partial charge < -0.3 is 20.5 Å². The van der Waals surface area contributed by atoms with Crippen molar-refractivity contribution >= 4 is 17.1 Å². The summed E-state index contributed by atoms with van der Waals surface area (Å²) >= 11 is 0. The molecule has 110 valence electrons. The third-order valence-electron chi connectivity index (χ3n) is 3.57. The van der Waals surface area contributed by atoms with E-state index in [1.165, 1.54) is 5.56 Å². The molecular weight excluding hydrogens is 264 g/mol. The molecule has 0 spiro atoms. The Bertz CT molecular complexity index is 636. The summed E-state index contributed by atoms with van der Waals surface area (Å²) in [6.45, 7) is 5.50. The second-order valence-electron chi connectivity index (χ2n) is 5.48. The van der Waals surface area contributed by atoms with Crippen LogP contribution in [0.2, 0.25) is 0 Å². The molecule has 0 saturated carbocycles. The van der Waals surface area contributed by atoms with Crippen LogP contribution in [0.3, 0.4) is 0 Å². The number of nitrogens with one attached hydrogen (secondary N) is 1. The van der Waals surface area contributed by atoms with Crippen molar-refractivity contribution in [3.05, 3.63) is 42.0 Å². The van der Waals surface area contributed by atoms with Gasteiger partial charge in [0, 0.05) is 17.8 Å². The van der Waals surface area contributed by atoms with Crippen molar-refractivity contribution in [2.24, 2.45) is 0 Å². The molecule has 0 aromatic heterocycles. The summed E-state index contributed by atoms with van der Waals surface area (Å²) in [5.74, 6) is 1.97. The molecule has 0 bridgehead atoms. The van der Waals surface area contributed by atoms with E-state index in [0.29, 0.717) is 30.6 Å². The van der Waals surface area contributed by atoms with Crippen LogP contribution in [-0.2, 0) is 0 Å². The first-order valence-corrected chi connectivity index (χ1v) is 7.19. The van der Waals surface area contributed by atoms with Crippen LogP contribution in [0.4, 0.5) is 17.1 Å². The number of nitrogens with two attached hydrogens (primary N) is 1. The average Bonchev–Trinajstić information content (AvgIpc) is 2.48. The topological polar surface area (TPSA) is 56.5 Å². The molecule has 0 radical (unpaired) electrons. The van der Waals surface area contributed by atoms with Crippen LogP contribution < -0.4 is 20.5 Å². The predicted octanol–water partition coefficient (Wildman–Crippen LogP) is 3.91. The first-order valence-electron chi connectivity index (χ1n) is 7.19. The molecule has 4 heteroatoms. The summed E-state index contributed by atoms with van der Waals surface area (Å²) in [7, 11) is 0. The van der Waals surface area contributed by atoms with Crippen molar-refractivity contribution in [3.63, 3.8) is 0 Å². The van der Waals surface area contributed by atoms with Crippen LogP contribution in [0, 0.1) is 0 Å². The molecule has 0 saturated heterocycles. The van der Waals surface area contributed by atoms with Gasteiger partial charge >= 0.3 is 0 Å². The Balaban J connectivity index is 1.84. The van der Waals surface area contributed by atoms with Gasteiger partial charge in [-0.1, -0.05) is 26.0 Å². The molecule has 1 heterocycles. The van der Waals surface area contributed by atoms with Gasteiger partial charge in [-0.3, -0.25) is 0 Å². The molecule has 0 atom stereocenters. The number of rotatable bonds is 3. The minimum absolute atomic E-state index is 0.526. The fourth-order valence-corrected chi connectivity index (χ4v) is 2.32. The van der Waals surface area contributed by atoms with Crippen molar-refractivity contribution in [1.82, 2.24) is 0 Å². The number of ether oxygens (including phenoxy) is 2. The summed E-state index contributed by atoms with van der Waals surface area (Å²) < 4.78 is 11.1. The normalized spacial score (nSPS) is 13.3. The van der Waals surface area contributed by atoms with E-state index < -0.39 is 0 Å². The largest absolute Gasteiger partial charge is 0.486 e. The smallest absolute Gasteiger partial charge is 0.163 e. The SMILES string of the molecule is CC(C)c1ccc(Nc2cc3c(cc2N)OCCO3)cc1. The molecule has 0 aliphatic carbocycles. The molecule has 0 fully saturated rings. The van der Waals surface area contributed by atoms with Gasteiger partial charge in [0.2, 0.25) is 0 Å². The average molecular weight is 284 g/mol. The standard InChI is InChI=1S/C17H20N2O2/c1-11(2)12-3-5-13(6-4-12)19-15-10-17-16(9-14(15)18)20-7-8-21-17/h3-6,9-11,19H,7-8,18H2,1-2H3. The number of anilines is 3. The lowest BCUT2D eigenvalue weighted by molar-refractivity contribution is 0.172. The second-order valence-corrected chi connectivity index (χ2v) is 5.48. The molecule has 21 heavy (non-hydrogen) atoms. The van der Waals surface area contributed by atoms with Gasteiger partial charge in [0.05, 0.1) is 11.4 Å². The summed E-state index contributed by atoms with van der Waals surface area (Å²) in [6, 6.07) is 12.1. The quantitative estimate of drug-likeness (QED) is 0.839. The molecule has 0 unspecified atom stereocenters. The maximum Gasteiger partial charge on any atom is 0.163 e. The molecule has 2 aromatic rings. The summed E-state index contributed by atoms with van der Waals surface area (Å²) in [5.41, 5.74) is 9.87. The van der Waals surface area contributed by atoms with Crippen LogP contribution >= 0.6 is 0 Å². The number of nitrogen functional groups attached to an aromatic ring is 1. The van der Waals surface area contributed by atoms with Gasteiger partial charge in [-0.2, -0.15) is 0 Å². The van der Waals surface area contributed by atoms with Gasteiger partial charge in [-0.15, -0.1) is 0 Å². The third-order valence-corrected chi connectivity index (χ3v) is 3.57. The maximum atomic E-state index is 6.07. The van der Waals surface area contributed by atoms with Crippen LogP contribution in [0.1, 0.15) is 25.3 Å². The lowest BCUT2D eigenvalue weighted by Crippen LogP contribution is -2.15. The van der Waals surface area contributed by atoms with Crippen molar-refractivity contribution in [1.29, 1.82) is 0 Å². The van der Waals surface area contributed by atoms with Gasteiger partial charge in [0.25, 0.3) is 0 Å². The summed E-state index contributed by atoms with van der Waals surface area (Å²) in [5, 5.41) is 3.33. The molecule has 3 N–H and O–H groups in total. The molecule has 2 aromatic carbocycles. The fraction of sp³-hybridized carbons (Fsp3) is 0.294. The lowest BCUT2D eigenvalue weighted by Gasteiger charge is -2.20. The van der Waals surface area contributed by atoms with E-state index in [4.69, 9.17) is 15.2 Å². The van der Waals surface area contributed by atoms with Crippen molar-refractivity contribution in [2.45, 2.75) is 19.8 Å². The zero-order chi connectivity index (χ0) is 14.8. The highest BCUT2D eigenvalue weighted by Gasteiger charge is 2.14. The van der Waals surface area contributed by atoms with E-state index >= 15 is 0 Å². The Hall–Kier alpha value is -2.36. The van der Waals surface area contributed by atoms with Crippen molar-refractivity contribution < 1.29 is 9.47 Å². The highest BCUT2D eigenvalue weighted by Crippen LogP contribution is 2.38. The molecule has 3 rings (SSSR count). The van der Waals surface area contributed by atoms with Gasteiger partial charge in [-0.25, -0.2) is 0 Å². The maximum absolute atomic E-state index is 6.07. The van der Waals surface area contributed by atoms with Crippen LogP contribution in [0.15, 0.2) is 36.4 Å². The van der Waals surface area contributed by atoms with E-state index in [9.17, 15) is 0 Å². The Morgan fingerprint density at radius 2 is 1.62 bits per heavy atom. The Morgan fingerprint density at radius 1 is 1.00 bits per heavy atom. The molecule has 1 aliphatic heterocycles. The highest BCUT2D eigenvalue weighted by molar-refractivity contribution is 5.76. The number of hydrogen-bond acceptors (Lipinski definition) is 4. The number of benzene rings is 2. The third kappa shape index (κ3) is 2.89. The summed E-state index contributed by atoms with van der Waals surface area (Å²) in [6.07, 6.45) is 0. The first-order chi connectivity index (χ1) is 10.1. The molecular formula is C17H20N2O2. The molecule has 1 aliphatic rings. The van der Waals surface area contributed by atoms with E-state index in [1.54, 1.807) is 6.07 Å². The zero-order valence-corrected chi connectivity index (χ0v) is 12.3. The molecule has 0 amide bonds. The first kappa shape index (κ1) is 13.6. The van der Waals surface area contributed by atoms with E-state index in [2.05, 4.69) is 43.4 Å².